The minimum Gasteiger partial charge on any atom is -0.492 e. The second kappa shape index (κ2) is 6.40. The number of ether oxygens (including phenoxy) is 1. The number of benzene rings is 2. The van der Waals surface area contributed by atoms with Gasteiger partial charge in [-0.1, -0.05) is 35.9 Å². The van der Waals surface area contributed by atoms with E-state index in [0.29, 0.717) is 17.7 Å². The molecule has 1 N–H and O–H groups in total. The molecule has 0 bridgehead atoms. The second-order valence-corrected chi connectivity index (χ2v) is 5.84. The standard InChI is InChI=1S/C18H20ClNO/c1-2-21-18-10-9-16(12-17(18)19)20-15-8-7-13-5-3-4-6-14(13)11-15/h3-6,9-10,12,15,20H,2,7-8,11H2,1H3. The first kappa shape index (κ1) is 14.3. The van der Waals surface area contributed by atoms with E-state index in [1.807, 2.05) is 25.1 Å². The zero-order chi connectivity index (χ0) is 14.7. The molecule has 3 heteroatoms. The van der Waals surface area contributed by atoms with Gasteiger partial charge in [0.15, 0.2) is 0 Å². The zero-order valence-electron chi connectivity index (χ0n) is 12.2. The minimum atomic E-state index is 0.467. The van der Waals surface area contributed by atoms with E-state index >= 15 is 0 Å². The van der Waals surface area contributed by atoms with Gasteiger partial charge in [0, 0.05) is 11.7 Å². The second-order valence-electron chi connectivity index (χ2n) is 5.43. The van der Waals surface area contributed by atoms with Crippen LogP contribution in [-0.4, -0.2) is 12.6 Å². The van der Waals surface area contributed by atoms with Gasteiger partial charge in [-0.25, -0.2) is 0 Å². The number of hydrogen-bond acceptors (Lipinski definition) is 2. The number of anilines is 1. The molecule has 2 aromatic rings. The molecule has 0 saturated heterocycles. The normalized spacial score (nSPS) is 17.1. The Balaban J connectivity index is 1.69. The number of nitrogens with one attached hydrogen (secondary N) is 1. The molecule has 0 amide bonds. The zero-order valence-corrected chi connectivity index (χ0v) is 13.0. The van der Waals surface area contributed by atoms with Crippen LogP contribution in [0, 0.1) is 0 Å². The van der Waals surface area contributed by atoms with Crippen LogP contribution in [-0.2, 0) is 12.8 Å². The van der Waals surface area contributed by atoms with Crippen LogP contribution in [0.5, 0.6) is 5.75 Å². The lowest BCUT2D eigenvalue weighted by Crippen LogP contribution is -2.27. The fraction of sp³-hybridized carbons (Fsp3) is 0.333. The largest absolute Gasteiger partial charge is 0.492 e. The third kappa shape index (κ3) is 3.33. The fourth-order valence-corrected chi connectivity index (χ4v) is 3.15. The molecular weight excluding hydrogens is 282 g/mol. The molecule has 0 spiro atoms. The Labute approximate surface area is 131 Å². The average molecular weight is 302 g/mol. The van der Waals surface area contributed by atoms with Gasteiger partial charge < -0.3 is 10.1 Å². The van der Waals surface area contributed by atoms with Crippen molar-refractivity contribution in [2.45, 2.75) is 32.2 Å². The Kier molecular flexibility index (Phi) is 4.35. The maximum absolute atomic E-state index is 6.24. The highest BCUT2D eigenvalue weighted by Gasteiger charge is 2.18. The van der Waals surface area contributed by atoms with Gasteiger partial charge in [-0.05, 0) is 55.5 Å². The number of rotatable bonds is 4. The molecule has 3 rings (SSSR count). The number of hydrogen-bond donors (Lipinski definition) is 1. The number of fused-ring (bicyclic) bond motifs is 1. The van der Waals surface area contributed by atoms with Gasteiger partial charge >= 0.3 is 0 Å². The van der Waals surface area contributed by atoms with Gasteiger partial charge in [-0.2, -0.15) is 0 Å². The third-order valence-corrected chi connectivity index (χ3v) is 4.24. The van der Waals surface area contributed by atoms with Crippen LogP contribution in [0.3, 0.4) is 0 Å². The van der Waals surface area contributed by atoms with Crippen molar-refractivity contribution >= 4 is 17.3 Å². The van der Waals surface area contributed by atoms with Gasteiger partial charge in [0.05, 0.1) is 11.6 Å². The summed E-state index contributed by atoms with van der Waals surface area (Å²) >= 11 is 6.24. The summed E-state index contributed by atoms with van der Waals surface area (Å²) < 4.78 is 5.47. The van der Waals surface area contributed by atoms with E-state index in [4.69, 9.17) is 16.3 Å². The number of halogens is 1. The Morgan fingerprint density at radius 1 is 1.19 bits per heavy atom. The summed E-state index contributed by atoms with van der Waals surface area (Å²) in [6.07, 6.45) is 3.36. The smallest absolute Gasteiger partial charge is 0.138 e. The van der Waals surface area contributed by atoms with E-state index in [9.17, 15) is 0 Å². The molecule has 2 aromatic carbocycles. The summed E-state index contributed by atoms with van der Waals surface area (Å²) in [5.74, 6) is 0.749. The first-order valence-corrected chi connectivity index (χ1v) is 7.89. The molecule has 110 valence electrons. The summed E-state index contributed by atoms with van der Waals surface area (Å²) in [6.45, 7) is 2.59. The van der Waals surface area contributed by atoms with Gasteiger partial charge in [0.25, 0.3) is 0 Å². The summed E-state index contributed by atoms with van der Waals surface area (Å²) in [5, 5.41) is 4.26. The monoisotopic (exact) mass is 301 g/mol. The predicted molar refractivity (Wildman–Crippen MR) is 88.5 cm³/mol. The van der Waals surface area contributed by atoms with E-state index < -0.39 is 0 Å². The highest BCUT2D eigenvalue weighted by molar-refractivity contribution is 6.32. The van der Waals surface area contributed by atoms with Crippen molar-refractivity contribution < 1.29 is 4.74 Å². The Morgan fingerprint density at radius 2 is 2.00 bits per heavy atom. The summed E-state index contributed by atoms with van der Waals surface area (Å²) in [4.78, 5) is 0. The van der Waals surface area contributed by atoms with Crippen LogP contribution < -0.4 is 10.1 Å². The SMILES string of the molecule is CCOc1ccc(NC2CCc3ccccc3C2)cc1Cl. The highest BCUT2D eigenvalue weighted by atomic mass is 35.5. The highest BCUT2D eigenvalue weighted by Crippen LogP contribution is 2.29. The van der Waals surface area contributed by atoms with E-state index in [1.165, 1.54) is 11.1 Å². The average Bonchev–Trinajstić information content (AvgIpc) is 2.50. The molecule has 0 fully saturated rings. The molecule has 1 aliphatic rings. The Hall–Kier alpha value is -1.67. The molecule has 0 aliphatic heterocycles. The van der Waals surface area contributed by atoms with Gasteiger partial charge in [0.1, 0.15) is 5.75 Å². The topological polar surface area (TPSA) is 21.3 Å². The van der Waals surface area contributed by atoms with E-state index in [1.54, 1.807) is 0 Å². The van der Waals surface area contributed by atoms with E-state index in [0.717, 1.165) is 30.7 Å². The van der Waals surface area contributed by atoms with Gasteiger partial charge in [0.2, 0.25) is 0 Å². The van der Waals surface area contributed by atoms with Crippen LogP contribution in [0.25, 0.3) is 0 Å². The lowest BCUT2D eigenvalue weighted by molar-refractivity contribution is 0.340. The lowest BCUT2D eigenvalue weighted by Gasteiger charge is -2.26. The van der Waals surface area contributed by atoms with Crippen molar-refractivity contribution in [2.75, 3.05) is 11.9 Å². The van der Waals surface area contributed by atoms with Crippen LogP contribution in [0.2, 0.25) is 5.02 Å². The summed E-state index contributed by atoms with van der Waals surface area (Å²) in [5.41, 5.74) is 4.01. The number of aryl methyl sites for hydroxylation is 1. The van der Waals surface area contributed by atoms with Crippen LogP contribution in [0.4, 0.5) is 5.69 Å². The molecule has 1 atom stereocenters. The predicted octanol–water partition coefficient (Wildman–Crippen LogP) is 4.71. The van der Waals surface area contributed by atoms with Crippen molar-refractivity contribution in [3.8, 4) is 5.75 Å². The van der Waals surface area contributed by atoms with Crippen LogP contribution >= 0.6 is 11.6 Å². The van der Waals surface area contributed by atoms with E-state index in [-0.39, 0.29) is 0 Å². The maximum Gasteiger partial charge on any atom is 0.138 e. The van der Waals surface area contributed by atoms with Gasteiger partial charge in [-0.3, -0.25) is 0 Å². The molecule has 1 aliphatic carbocycles. The molecule has 21 heavy (non-hydrogen) atoms. The molecule has 2 nitrogen and oxygen atoms in total. The summed E-state index contributed by atoms with van der Waals surface area (Å²) in [7, 11) is 0. The first-order chi connectivity index (χ1) is 10.3. The van der Waals surface area contributed by atoms with Crippen molar-refractivity contribution in [3.05, 3.63) is 58.6 Å². The first-order valence-electron chi connectivity index (χ1n) is 7.52. The minimum absolute atomic E-state index is 0.467. The van der Waals surface area contributed by atoms with Crippen molar-refractivity contribution in [1.82, 2.24) is 0 Å². The molecule has 1 unspecified atom stereocenters. The molecule has 0 radical (unpaired) electrons. The maximum atomic E-state index is 6.24. The van der Waals surface area contributed by atoms with Crippen molar-refractivity contribution in [3.63, 3.8) is 0 Å². The van der Waals surface area contributed by atoms with E-state index in [2.05, 4.69) is 29.6 Å². The van der Waals surface area contributed by atoms with Crippen molar-refractivity contribution in [1.29, 1.82) is 0 Å². The molecule has 0 aromatic heterocycles. The van der Waals surface area contributed by atoms with Crippen molar-refractivity contribution in [2.24, 2.45) is 0 Å². The van der Waals surface area contributed by atoms with Crippen LogP contribution in [0.15, 0.2) is 42.5 Å². The quantitative estimate of drug-likeness (QED) is 0.883. The molecular formula is C18H20ClNO. The Morgan fingerprint density at radius 3 is 2.76 bits per heavy atom. The van der Waals surface area contributed by atoms with Crippen LogP contribution in [0.1, 0.15) is 24.5 Å². The third-order valence-electron chi connectivity index (χ3n) is 3.95. The fourth-order valence-electron chi connectivity index (χ4n) is 2.92. The lowest BCUT2D eigenvalue weighted by atomic mass is 9.88. The molecule has 0 saturated carbocycles. The van der Waals surface area contributed by atoms with Gasteiger partial charge in [-0.15, -0.1) is 0 Å². The molecule has 0 heterocycles. The Bertz CT molecular complexity index is 626. The summed E-state index contributed by atoms with van der Waals surface area (Å²) in [6, 6.07) is 15.1.